The van der Waals surface area contributed by atoms with Gasteiger partial charge in [-0.15, -0.1) is 0 Å². The number of nitrogens with two attached hydrogens (primary N) is 1. The first-order valence-electron chi connectivity index (χ1n) is 5.92. The van der Waals surface area contributed by atoms with Crippen LogP contribution in [0.5, 0.6) is 0 Å². The van der Waals surface area contributed by atoms with E-state index in [-0.39, 0.29) is 0 Å². The predicted molar refractivity (Wildman–Crippen MR) is 79.5 cm³/mol. The summed E-state index contributed by atoms with van der Waals surface area (Å²) < 4.78 is 0. The Balaban J connectivity index is 2.17. The second-order valence-electron chi connectivity index (χ2n) is 4.21. The molecule has 94 valence electrons. The van der Waals surface area contributed by atoms with Crippen molar-refractivity contribution in [2.45, 2.75) is 23.1 Å². The molecule has 0 amide bonds. The molecule has 3 heteroatoms. The summed E-state index contributed by atoms with van der Waals surface area (Å²) in [6.45, 7) is 2.73. The molecule has 0 aliphatic heterocycles. The van der Waals surface area contributed by atoms with Crippen molar-refractivity contribution in [3.8, 4) is 0 Å². The summed E-state index contributed by atoms with van der Waals surface area (Å²) in [4.78, 5) is 2.39. The summed E-state index contributed by atoms with van der Waals surface area (Å²) in [5.74, 6) is 0. The molecule has 0 saturated heterocycles. The molecule has 2 aromatic carbocycles. The van der Waals surface area contributed by atoms with Gasteiger partial charge in [0, 0.05) is 14.8 Å². The molecule has 1 nitrogen and oxygen atoms in total. The van der Waals surface area contributed by atoms with Crippen LogP contribution < -0.4 is 5.73 Å². The minimum Gasteiger partial charge on any atom is -0.330 e. The molecule has 2 rings (SSSR count). The molecule has 0 spiro atoms. The molecular formula is C15H16ClNS. The van der Waals surface area contributed by atoms with Gasteiger partial charge in [-0.3, -0.25) is 0 Å². The van der Waals surface area contributed by atoms with Gasteiger partial charge in [0.25, 0.3) is 0 Å². The predicted octanol–water partition coefficient (Wildman–Crippen LogP) is 4.30. The van der Waals surface area contributed by atoms with Crippen molar-refractivity contribution in [3.05, 3.63) is 58.6 Å². The number of hydrogen-bond acceptors (Lipinski definition) is 2. The zero-order chi connectivity index (χ0) is 13.0. The summed E-state index contributed by atoms with van der Waals surface area (Å²) in [7, 11) is 0. The molecule has 0 aliphatic rings. The third kappa shape index (κ3) is 3.52. The summed E-state index contributed by atoms with van der Waals surface area (Å²) >= 11 is 7.96. The average molecular weight is 278 g/mol. The Morgan fingerprint density at radius 1 is 1.11 bits per heavy atom. The monoisotopic (exact) mass is 277 g/mol. The first-order valence-corrected chi connectivity index (χ1v) is 7.11. The van der Waals surface area contributed by atoms with Crippen LogP contribution in [0.2, 0.25) is 5.02 Å². The number of hydrogen-bond donors (Lipinski definition) is 1. The van der Waals surface area contributed by atoms with Crippen LogP contribution in [0.15, 0.2) is 52.3 Å². The Morgan fingerprint density at radius 2 is 1.89 bits per heavy atom. The molecule has 18 heavy (non-hydrogen) atoms. The topological polar surface area (TPSA) is 26.0 Å². The smallest absolute Gasteiger partial charge is 0.0449 e. The van der Waals surface area contributed by atoms with Crippen molar-refractivity contribution in [1.29, 1.82) is 0 Å². The van der Waals surface area contributed by atoms with Gasteiger partial charge >= 0.3 is 0 Å². The zero-order valence-corrected chi connectivity index (χ0v) is 11.9. The van der Waals surface area contributed by atoms with E-state index in [1.54, 1.807) is 11.8 Å². The third-order valence-electron chi connectivity index (χ3n) is 2.66. The summed E-state index contributed by atoms with van der Waals surface area (Å²) in [5, 5.41) is 0.804. The highest BCUT2D eigenvalue weighted by Crippen LogP contribution is 2.31. The van der Waals surface area contributed by atoms with Gasteiger partial charge in [-0.25, -0.2) is 0 Å². The van der Waals surface area contributed by atoms with Crippen LogP contribution in [0.3, 0.4) is 0 Å². The molecule has 0 aliphatic carbocycles. The van der Waals surface area contributed by atoms with Crippen LogP contribution in [0.4, 0.5) is 0 Å². The molecule has 0 aromatic heterocycles. The van der Waals surface area contributed by atoms with Crippen LogP contribution in [-0.4, -0.2) is 6.54 Å². The maximum absolute atomic E-state index is 6.24. The SMILES string of the molecule is Cc1cccc(Sc2ccc(CCN)c(Cl)c2)c1. The highest BCUT2D eigenvalue weighted by molar-refractivity contribution is 7.99. The van der Waals surface area contributed by atoms with E-state index in [1.807, 2.05) is 6.07 Å². The van der Waals surface area contributed by atoms with Gasteiger partial charge in [0.2, 0.25) is 0 Å². The second kappa shape index (κ2) is 6.28. The van der Waals surface area contributed by atoms with Gasteiger partial charge in [0.15, 0.2) is 0 Å². The Hall–Kier alpha value is -0.960. The van der Waals surface area contributed by atoms with Gasteiger partial charge in [-0.05, 0) is 49.7 Å². The normalized spacial score (nSPS) is 10.6. The Labute approximate surface area is 117 Å². The molecule has 0 heterocycles. The lowest BCUT2D eigenvalue weighted by Crippen LogP contribution is -2.02. The van der Waals surface area contributed by atoms with Gasteiger partial charge in [0.05, 0.1) is 0 Å². The van der Waals surface area contributed by atoms with Crippen LogP contribution in [0.25, 0.3) is 0 Å². The maximum atomic E-state index is 6.24. The van der Waals surface area contributed by atoms with Crippen LogP contribution >= 0.6 is 23.4 Å². The van der Waals surface area contributed by atoms with Crippen LogP contribution in [0, 0.1) is 6.92 Å². The van der Waals surface area contributed by atoms with Gasteiger partial charge in [-0.1, -0.05) is 47.1 Å². The molecule has 0 saturated carbocycles. The highest BCUT2D eigenvalue weighted by atomic mass is 35.5. The van der Waals surface area contributed by atoms with E-state index >= 15 is 0 Å². The molecule has 0 unspecified atom stereocenters. The number of rotatable bonds is 4. The van der Waals surface area contributed by atoms with Gasteiger partial charge in [-0.2, -0.15) is 0 Å². The average Bonchev–Trinajstić information content (AvgIpc) is 2.33. The van der Waals surface area contributed by atoms with E-state index in [9.17, 15) is 0 Å². The minimum atomic E-state index is 0.629. The van der Waals surface area contributed by atoms with E-state index in [4.69, 9.17) is 17.3 Å². The Morgan fingerprint density at radius 3 is 2.56 bits per heavy atom. The van der Waals surface area contributed by atoms with E-state index in [1.165, 1.54) is 10.5 Å². The standard InChI is InChI=1S/C15H16ClNS/c1-11-3-2-4-13(9-11)18-14-6-5-12(7-8-17)15(16)10-14/h2-6,9-10H,7-8,17H2,1H3. The number of aryl methyl sites for hydroxylation is 1. The molecule has 0 radical (unpaired) electrons. The fraction of sp³-hybridized carbons (Fsp3) is 0.200. The summed E-state index contributed by atoms with van der Waals surface area (Å²) in [6, 6.07) is 14.6. The number of benzene rings is 2. The fourth-order valence-electron chi connectivity index (χ4n) is 1.76. The van der Waals surface area contributed by atoms with E-state index in [0.717, 1.165) is 21.9 Å². The Bertz CT molecular complexity index is 540. The van der Waals surface area contributed by atoms with E-state index in [0.29, 0.717) is 6.54 Å². The molecule has 2 N–H and O–H groups in total. The van der Waals surface area contributed by atoms with E-state index < -0.39 is 0 Å². The van der Waals surface area contributed by atoms with Crippen molar-refractivity contribution >= 4 is 23.4 Å². The lowest BCUT2D eigenvalue weighted by atomic mass is 10.1. The molecular weight excluding hydrogens is 262 g/mol. The Kier molecular flexibility index (Phi) is 4.70. The molecule has 0 fully saturated rings. The third-order valence-corrected chi connectivity index (χ3v) is 3.99. The van der Waals surface area contributed by atoms with Crippen LogP contribution in [-0.2, 0) is 6.42 Å². The fourth-order valence-corrected chi connectivity index (χ4v) is 3.08. The lowest BCUT2D eigenvalue weighted by Gasteiger charge is -2.06. The van der Waals surface area contributed by atoms with E-state index in [2.05, 4.69) is 43.3 Å². The summed E-state index contributed by atoms with van der Waals surface area (Å²) in [6.07, 6.45) is 0.828. The highest BCUT2D eigenvalue weighted by Gasteiger charge is 2.03. The molecule has 0 atom stereocenters. The van der Waals surface area contributed by atoms with Gasteiger partial charge < -0.3 is 5.73 Å². The van der Waals surface area contributed by atoms with Crippen molar-refractivity contribution in [2.75, 3.05) is 6.54 Å². The quantitative estimate of drug-likeness (QED) is 0.902. The number of halogens is 1. The zero-order valence-electron chi connectivity index (χ0n) is 10.3. The lowest BCUT2D eigenvalue weighted by molar-refractivity contribution is 0.967. The first-order chi connectivity index (χ1) is 8.69. The van der Waals surface area contributed by atoms with Crippen molar-refractivity contribution in [3.63, 3.8) is 0 Å². The molecule has 0 bridgehead atoms. The summed E-state index contributed by atoms with van der Waals surface area (Å²) in [5.41, 5.74) is 7.93. The largest absolute Gasteiger partial charge is 0.330 e. The van der Waals surface area contributed by atoms with Crippen molar-refractivity contribution in [2.24, 2.45) is 5.73 Å². The van der Waals surface area contributed by atoms with Gasteiger partial charge in [0.1, 0.15) is 0 Å². The maximum Gasteiger partial charge on any atom is 0.0449 e. The first kappa shape index (κ1) is 13.5. The second-order valence-corrected chi connectivity index (χ2v) is 5.76. The van der Waals surface area contributed by atoms with Crippen molar-refractivity contribution < 1.29 is 0 Å². The molecule has 2 aromatic rings. The van der Waals surface area contributed by atoms with Crippen LogP contribution in [0.1, 0.15) is 11.1 Å². The van der Waals surface area contributed by atoms with Crippen molar-refractivity contribution in [1.82, 2.24) is 0 Å². The minimum absolute atomic E-state index is 0.629.